The Morgan fingerprint density at radius 2 is 1.72 bits per heavy atom. The normalized spacial score (nSPS) is 17.7. The number of phenols is 1. The number of Topliss-reactive ketones (excluding diaryl/α,β-unsaturated/α-hetero) is 1. The van der Waals surface area contributed by atoms with Crippen molar-refractivity contribution in [2.75, 3.05) is 6.61 Å². The van der Waals surface area contributed by atoms with Crippen LogP contribution in [-0.2, 0) is 20.7 Å². The maximum absolute atomic E-state index is 12.4. The molecule has 36 heavy (non-hydrogen) atoms. The molecule has 1 aromatic rings. The maximum atomic E-state index is 12.4. The lowest BCUT2D eigenvalue weighted by Gasteiger charge is -2.23. The molecule has 0 aliphatic heterocycles. The van der Waals surface area contributed by atoms with Crippen molar-refractivity contribution in [2.24, 2.45) is 0 Å². The number of aromatic hydroxyl groups is 1. The van der Waals surface area contributed by atoms with Crippen LogP contribution in [0.5, 0.6) is 11.5 Å². The van der Waals surface area contributed by atoms with Crippen LogP contribution in [0.15, 0.2) is 24.3 Å². The second-order valence-electron chi connectivity index (χ2n) is 10.7. The smallest absolute Gasteiger partial charge is 0.161 e. The van der Waals surface area contributed by atoms with E-state index in [2.05, 4.69) is 6.92 Å². The van der Waals surface area contributed by atoms with Gasteiger partial charge in [0.25, 0.3) is 0 Å². The molecule has 200 valence electrons. The summed E-state index contributed by atoms with van der Waals surface area (Å²) in [5.41, 5.74) is 1.82. The van der Waals surface area contributed by atoms with Crippen LogP contribution in [-0.4, -0.2) is 35.5 Å². The molecule has 1 N–H and O–H groups in total. The minimum Gasteiger partial charge on any atom is -0.504 e. The van der Waals surface area contributed by atoms with Gasteiger partial charge in [-0.1, -0.05) is 38.3 Å². The highest BCUT2D eigenvalue weighted by Crippen LogP contribution is 2.41. The number of allylic oxidation sites excluding steroid dienone is 2. The lowest BCUT2D eigenvalue weighted by Crippen LogP contribution is -2.14. The van der Waals surface area contributed by atoms with E-state index in [1.807, 2.05) is 18.2 Å². The second-order valence-corrected chi connectivity index (χ2v) is 10.7. The first-order chi connectivity index (χ1) is 17.5. The number of hydrogen-bond donors (Lipinski definition) is 1. The van der Waals surface area contributed by atoms with Gasteiger partial charge in [0.1, 0.15) is 5.78 Å². The molecule has 0 bridgehead atoms. The van der Waals surface area contributed by atoms with Crippen molar-refractivity contribution in [1.29, 1.82) is 0 Å². The van der Waals surface area contributed by atoms with E-state index in [1.54, 1.807) is 13.0 Å². The van der Waals surface area contributed by atoms with E-state index in [1.165, 1.54) is 12.8 Å². The summed E-state index contributed by atoms with van der Waals surface area (Å²) in [4.78, 5) is 24.2. The monoisotopic (exact) mass is 498 g/mol. The van der Waals surface area contributed by atoms with Crippen LogP contribution in [0.3, 0.4) is 0 Å². The number of rotatable bonds is 16. The number of carbonyl (C=O) groups excluding carboxylic acids is 2. The Morgan fingerprint density at radius 3 is 2.39 bits per heavy atom. The zero-order chi connectivity index (χ0) is 25.8. The Kier molecular flexibility index (Phi) is 12.0. The van der Waals surface area contributed by atoms with E-state index in [4.69, 9.17) is 9.47 Å². The van der Waals surface area contributed by atoms with Gasteiger partial charge in [0.05, 0.1) is 12.2 Å². The molecule has 2 aliphatic rings. The van der Waals surface area contributed by atoms with Gasteiger partial charge in [-0.3, -0.25) is 4.79 Å². The quantitative estimate of drug-likeness (QED) is 0.241. The molecular weight excluding hydrogens is 452 g/mol. The van der Waals surface area contributed by atoms with Crippen LogP contribution in [0.25, 0.3) is 0 Å². The number of benzene rings is 1. The topological polar surface area (TPSA) is 72.8 Å². The van der Waals surface area contributed by atoms with Gasteiger partial charge < -0.3 is 19.4 Å². The summed E-state index contributed by atoms with van der Waals surface area (Å²) in [6.07, 6.45) is 18.0. The Hall–Kier alpha value is -2.14. The average molecular weight is 499 g/mol. The van der Waals surface area contributed by atoms with Crippen LogP contribution >= 0.6 is 0 Å². The van der Waals surface area contributed by atoms with Crippen molar-refractivity contribution in [1.82, 2.24) is 0 Å². The Morgan fingerprint density at radius 1 is 1.03 bits per heavy atom. The molecule has 2 aliphatic carbocycles. The minimum absolute atomic E-state index is 0.00123. The molecule has 5 heteroatoms. The van der Waals surface area contributed by atoms with E-state index in [0.717, 1.165) is 68.9 Å². The van der Waals surface area contributed by atoms with Crippen molar-refractivity contribution < 1.29 is 24.2 Å². The molecular formula is C31H46O5. The van der Waals surface area contributed by atoms with Crippen molar-refractivity contribution in [3.8, 4) is 11.5 Å². The summed E-state index contributed by atoms with van der Waals surface area (Å²) in [6, 6.07) is 3.94. The van der Waals surface area contributed by atoms with Crippen molar-refractivity contribution in [3.63, 3.8) is 0 Å². The molecule has 0 amide bonds. The van der Waals surface area contributed by atoms with Crippen LogP contribution in [0.4, 0.5) is 0 Å². The van der Waals surface area contributed by atoms with Crippen LogP contribution in [0.1, 0.15) is 121 Å². The highest BCUT2D eigenvalue weighted by Gasteiger charge is 2.24. The maximum Gasteiger partial charge on any atom is 0.161 e. The molecule has 0 spiro atoms. The zero-order valence-electron chi connectivity index (χ0n) is 22.4. The second kappa shape index (κ2) is 15.2. The van der Waals surface area contributed by atoms with Gasteiger partial charge in [-0.2, -0.15) is 0 Å². The number of aryl methyl sites for hydroxylation is 1. The fraction of sp³-hybridized carbons (Fsp3) is 0.677. The number of ether oxygens (including phenoxy) is 2. The lowest BCUT2D eigenvalue weighted by molar-refractivity contribution is -0.117. The highest BCUT2D eigenvalue weighted by atomic mass is 16.5. The first-order valence-corrected chi connectivity index (χ1v) is 14.3. The predicted octanol–water partition coefficient (Wildman–Crippen LogP) is 7.37. The minimum atomic E-state index is 0.00123. The van der Waals surface area contributed by atoms with Gasteiger partial charge in [-0.25, -0.2) is 0 Å². The third-order valence-corrected chi connectivity index (χ3v) is 7.59. The van der Waals surface area contributed by atoms with E-state index in [0.29, 0.717) is 44.1 Å². The molecule has 1 aromatic carbocycles. The van der Waals surface area contributed by atoms with Crippen molar-refractivity contribution in [3.05, 3.63) is 35.4 Å². The molecule has 2 saturated carbocycles. The van der Waals surface area contributed by atoms with E-state index in [9.17, 15) is 14.7 Å². The molecule has 1 atom stereocenters. The van der Waals surface area contributed by atoms with Crippen LogP contribution < -0.4 is 4.74 Å². The predicted molar refractivity (Wildman–Crippen MR) is 144 cm³/mol. The first kappa shape index (κ1) is 28.4. The molecule has 5 nitrogen and oxygen atoms in total. The molecule has 1 unspecified atom stereocenters. The SMILES string of the molecule is CCCC=CC(=O)CCc1cc(OC2CCCC2)c(O)c(C(CCOC2CCCC2)CCC(C)=O)c1. The summed E-state index contributed by atoms with van der Waals surface area (Å²) in [6.45, 7) is 4.34. The lowest BCUT2D eigenvalue weighted by atomic mass is 9.88. The number of unbranched alkanes of at least 4 members (excludes halogenated alkanes) is 1. The first-order valence-electron chi connectivity index (χ1n) is 14.3. The van der Waals surface area contributed by atoms with Crippen LogP contribution in [0, 0.1) is 0 Å². The van der Waals surface area contributed by atoms with Gasteiger partial charge >= 0.3 is 0 Å². The van der Waals surface area contributed by atoms with Gasteiger partial charge in [-0.15, -0.1) is 0 Å². The van der Waals surface area contributed by atoms with Crippen LogP contribution in [0.2, 0.25) is 0 Å². The average Bonchev–Trinajstić information content (AvgIpc) is 3.56. The molecule has 0 radical (unpaired) electrons. The molecule has 2 fully saturated rings. The third kappa shape index (κ3) is 9.38. The summed E-state index contributed by atoms with van der Waals surface area (Å²) in [5, 5.41) is 11.3. The fourth-order valence-electron chi connectivity index (χ4n) is 5.42. The van der Waals surface area contributed by atoms with Crippen molar-refractivity contribution in [2.45, 2.75) is 128 Å². The van der Waals surface area contributed by atoms with Gasteiger partial charge in [0, 0.05) is 25.0 Å². The Bertz CT molecular complexity index is 862. The van der Waals surface area contributed by atoms with E-state index >= 15 is 0 Å². The standard InChI is InChI=1S/C31H46O5/c1-3-4-5-10-26(33)18-16-24-21-29(31(34)30(22-24)36-28-13-8-9-14-28)25(17-15-23(2)32)19-20-35-27-11-6-7-12-27/h5,10,21-22,25,27-28,34H,3-4,6-9,11-20H2,1-2H3. The summed E-state index contributed by atoms with van der Waals surface area (Å²) in [5.74, 6) is 0.983. The molecule has 0 aromatic heterocycles. The highest BCUT2D eigenvalue weighted by molar-refractivity contribution is 5.89. The summed E-state index contributed by atoms with van der Waals surface area (Å²) >= 11 is 0. The van der Waals surface area contributed by atoms with Gasteiger partial charge in [0.15, 0.2) is 17.3 Å². The number of carbonyl (C=O) groups is 2. The third-order valence-electron chi connectivity index (χ3n) is 7.59. The van der Waals surface area contributed by atoms with Gasteiger partial charge in [0.2, 0.25) is 0 Å². The Labute approximate surface area is 217 Å². The number of ketones is 2. The largest absolute Gasteiger partial charge is 0.504 e. The number of phenolic OH excluding ortho intramolecular Hbond substituents is 1. The fourth-order valence-corrected chi connectivity index (χ4v) is 5.42. The molecule has 3 rings (SSSR count). The summed E-state index contributed by atoms with van der Waals surface area (Å²) < 4.78 is 12.4. The van der Waals surface area contributed by atoms with E-state index in [-0.39, 0.29) is 29.3 Å². The van der Waals surface area contributed by atoms with Crippen molar-refractivity contribution >= 4 is 11.6 Å². The molecule has 0 heterocycles. The van der Waals surface area contributed by atoms with E-state index < -0.39 is 0 Å². The summed E-state index contributed by atoms with van der Waals surface area (Å²) in [7, 11) is 0. The zero-order valence-corrected chi connectivity index (χ0v) is 22.4. The Balaban J connectivity index is 1.79. The molecule has 0 saturated heterocycles. The van der Waals surface area contributed by atoms with Gasteiger partial charge in [-0.05, 0) is 94.8 Å². The number of hydrogen-bond acceptors (Lipinski definition) is 5.